The normalized spacial score (nSPS) is 11.2. The van der Waals surface area contributed by atoms with Crippen LogP contribution in [0.15, 0.2) is 0 Å². The summed E-state index contributed by atoms with van der Waals surface area (Å²) >= 11 is 0.688. The molecule has 0 aliphatic rings. The Kier molecular flexibility index (Phi) is 2.04. The van der Waals surface area contributed by atoms with Crippen molar-refractivity contribution in [2.24, 2.45) is 0 Å². The average Bonchev–Trinajstić information content (AvgIpc) is 0.811. The zero-order valence-corrected chi connectivity index (χ0v) is 4.24. The molecule has 0 N–H and O–H groups in total. The monoisotopic (exact) mass is 108 g/mol. The van der Waals surface area contributed by atoms with Crippen LogP contribution < -0.4 is 0 Å². The van der Waals surface area contributed by atoms with E-state index in [-0.39, 0.29) is 0 Å². The van der Waals surface area contributed by atoms with Crippen LogP contribution in [0.1, 0.15) is 0 Å². The Morgan fingerprint density at radius 3 is 1.00 bits per heavy atom. The van der Waals surface area contributed by atoms with Gasteiger partial charge in [0.15, 0.2) is 0 Å². The first-order chi connectivity index (χ1) is 1.73. The average molecular weight is 109 g/mol. The Morgan fingerprint density at radius 1 is 1.00 bits per heavy atom. The van der Waals surface area contributed by atoms with Crippen LogP contribution in [0.5, 0.6) is 0 Å². The van der Waals surface area contributed by atoms with Gasteiger partial charge >= 0.3 is 31.4 Å². The molecular weight excluding hydrogens is 99.6 g/mol. The first-order valence-electron chi connectivity index (χ1n) is 0.905. The number of rotatable bonds is 0. The summed E-state index contributed by atoms with van der Waals surface area (Å²) in [5.41, 5.74) is 0. The zero-order chi connectivity index (χ0) is 3.58. The van der Waals surface area contributed by atoms with Crippen molar-refractivity contribution < 1.29 is 13.9 Å². The fraction of sp³-hybridized carbons (Fsp3) is 1.00. The Balaban J connectivity index is 2.32. The van der Waals surface area contributed by atoms with Gasteiger partial charge in [-0.05, 0) is 0 Å². The van der Waals surface area contributed by atoms with Gasteiger partial charge in [0.05, 0.1) is 0 Å². The van der Waals surface area contributed by atoms with Crippen molar-refractivity contribution in [1.29, 1.82) is 0 Å². The third-order valence-corrected chi connectivity index (χ3v) is 0. The molecule has 0 aromatic rings. The predicted octanol–water partition coefficient (Wildman–Crippen LogP) is 1.75. The van der Waals surface area contributed by atoms with Gasteiger partial charge in [0.1, 0.15) is 0 Å². The molecule has 0 atom stereocenters. The van der Waals surface area contributed by atoms with Crippen molar-refractivity contribution in [3.8, 4) is 0 Å². The Hall–Kier alpha value is 0.519. The molecule has 32 valence electrons. The van der Waals surface area contributed by atoms with E-state index in [0.29, 0.717) is 13.9 Å². The Labute approximate surface area is 32.1 Å². The number of hydrogen-bond donors (Lipinski definition) is 0. The molecule has 0 aliphatic heterocycles. The second-order valence-electron chi connectivity index (χ2n) is 0.905. The van der Waals surface area contributed by atoms with Crippen LogP contribution in [0.4, 0.5) is 0 Å². The van der Waals surface area contributed by atoms with Crippen LogP contribution >= 0.6 is 0 Å². The fourth-order valence-electron chi connectivity index (χ4n) is 0. The molecule has 0 heterocycles. The van der Waals surface area contributed by atoms with Gasteiger partial charge in [-0.2, -0.15) is 0 Å². The second-order valence-corrected chi connectivity index (χ2v) is 3.73. The summed E-state index contributed by atoms with van der Waals surface area (Å²) in [6.45, 7) is 0. The van der Waals surface area contributed by atoms with Crippen molar-refractivity contribution in [3.05, 3.63) is 0 Å². The van der Waals surface area contributed by atoms with E-state index >= 15 is 0 Å². The van der Waals surface area contributed by atoms with E-state index in [1.54, 1.807) is 0 Å². The maximum atomic E-state index is 2.19. The summed E-state index contributed by atoms with van der Waals surface area (Å²) in [6, 6.07) is 0. The van der Waals surface area contributed by atoms with Crippen molar-refractivity contribution in [2.75, 3.05) is 0 Å². The van der Waals surface area contributed by atoms with Crippen molar-refractivity contribution in [1.82, 2.24) is 0 Å². The van der Waals surface area contributed by atoms with E-state index in [1.807, 2.05) is 0 Å². The molecular formula is C3H9Cu. The summed E-state index contributed by atoms with van der Waals surface area (Å²) < 4.78 is 0. The fourth-order valence-corrected chi connectivity index (χ4v) is 0. The molecule has 0 nitrogen and oxygen atoms in total. The molecule has 0 fully saturated rings. The molecule has 0 aromatic heterocycles. The molecule has 4 heavy (non-hydrogen) atoms. The number of hydrogen-bond acceptors (Lipinski definition) is 0. The molecule has 0 rings (SSSR count). The molecule has 0 spiro atoms. The Morgan fingerprint density at radius 2 is 1.00 bits per heavy atom. The van der Waals surface area contributed by atoms with Gasteiger partial charge in [0.25, 0.3) is 0 Å². The third kappa shape index (κ3) is 21.6. The predicted molar refractivity (Wildman–Crippen MR) is 17.6 cm³/mol. The van der Waals surface area contributed by atoms with Gasteiger partial charge in [0.2, 0.25) is 0 Å². The summed E-state index contributed by atoms with van der Waals surface area (Å²) in [5, 5.41) is 0. The van der Waals surface area contributed by atoms with Crippen LogP contribution in [0.25, 0.3) is 0 Å². The molecule has 0 aromatic carbocycles. The SMILES string of the molecule is [CH3][Cu]([CH3])[CH3]. The van der Waals surface area contributed by atoms with Gasteiger partial charge in [-0.3, -0.25) is 0 Å². The summed E-state index contributed by atoms with van der Waals surface area (Å²) in [7, 11) is 0. The minimum absolute atomic E-state index is 0.688. The molecule has 0 aliphatic carbocycles. The zero-order valence-electron chi connectivity index (χ0n) is 3.30. The first kappa shape index (κ1) is 4.52. The topological polar surface area (TPSA) is 0 Å². The van der Waals surface area contributed by atoms with Crippen LogP contribution in [0.2, 0.25) is 17.5 Å². The quantitative estimate of drug-likeness (QED) is 0.415. The molecule has 1 heteroatoms. The van der Waals surface area contributed by atoms with Gasteiger partial charge in [-0.1, -0.05) is 0 Å². The van der Waals surface area contributed by atoms with Gasteiger partial charge in [-0.15, -0.1) is 0 Å². The van der Waals surface area contributed by atoms with Crippen molar-refractivity contribution >= 4 is 0 Å². The third-order valence-electron chi connectivity index (χ3n) is 0. The second kappa shape index (κ2) is 1.80. The van der Waals surface area contributed by atoms with Crippen molar-refractivity contribution in [2.45, 2.75) is 17.5 Å². The maximum absolute atomic E-state index is 2.19. The van der Waals surface area contributed by atoms with E-state index in [2.05, 4.69) is 17.5 Å². The van der Waals surface area contributed by atoms with E-state index in [0.717, 1.165) is 0 Å². The molecule has 0 radical (unpaired) electrons. The molecule has 0 unspecified atom stereocenters. The summed E-state index contributed by atoms with van der Waals surface area (Å²) in [4.78, 5) is 0. The van der Waals surface area contributed by atoms with Gasteiger partial charge in [0, 0.05) is 0 Å². The van der Waals surface area contributed by atoms with E-state index in [9.17, 15) is 0 Å². The molecule has 0 bridgehead atoms. The summed E-state index contributed by atoms with van der Waals surface area (Å²) in [6.07, 6.45) is 0. The van der Waals surface area contributed by atoms with Crippen LogP contribution in [0, 0.1) is 0 Å². The van der Waals surface area contributed by atoms with Crippen LogP contribution in [-0.4, -0.2) is 0 Å². The summed E-state index contributed by atoms with van der Waals surface area (Å²) in [5.74, 6) is 6.56. The van der Waals surface area contributed by atoms with E-state index in [4.69, 9.17) is 0 Å². The minimum atomic E-state index is 0.688. The van der Waals surface area contributed by atoms with Crippen LogP contribution in [-0.2, 0) is 13.9 Å². The van der Waals surface area contributed by atoms with E-state index in [1.165, 1.54) is 0 Å². The molecule has 0 amide bonds. The van der Waals surface area contributed by atoms with E-state index < -0.39 is 0 Å². The molecule has 0 saturated heterocycles. The Bertz CT molecular complexity index is 8.00. The van der Waals surface area contributed by atoms with Gasteiger partial charge < -0.3 is 0 Å². The van der Waals surface area contributed by atoms with Crippen LogP contribution in [0.3, 0.4) is 0 Å². The standard InChI is InChI=1S/3CH3.Cu/h3*1H3;. The first-order valence-corrected chi connectivity index (χ1v) is 3.73. The molecule has 0 saturated carbocycles. The van der Waals surface area contributed by atoms with Crippen molar-refractivity contribution in [3.63, 3.8) is 0 Å². The van der Waals surface area contributed by atoms with Gasteiger partial charge in [-0.25, -0.2) is 0 Å².